The Labute approximate surface area is 101 Å². The van der Waals surface area contributed by atoms with Crippen molar-refractivity contribution >= 4 is 17.6 Å². The first-order chi connectivity index (χ1) is 8.08. The normalized spacial score (nSPS) is 15.6. The van der Waals surface area contributed by atoms with Crippen LogP contribution in [0.3, 0.4) is 0 Å². The van der Waals surface area contributed by atoms with Gasteiger partial charge in [-0.15, -0.1) is 0 Å². The van der Waals surface area contributed by atoms with Gasteiger partial charge in [-0.05, 0) is 30.0 Å². The van der Waals surface area contributed by atoms with Crippen LogP contribution >= 0.6 is 0 Å². The molecule has 17 heavy (non-hydrogen) atoms. The number of carbonyl (C=O) groups excluding carboxylic acids is 2. The molecule has 1 aliphatic rings. The molecular weight excluding hydrogens is 216 g/mol. The van der Waals surface area contributed by atoms with E-state index < -0.39 is 0 Å². The summed E-state index contributed by atoms with van der Waals surface area (Å²) in [5.41, 5.74) is 1.80. The molecule has 1 N–H and O–H groups in total. The average molecular weight is 232 g/mol. The molecule has 3 amide bonds. The first kappa shape index (κ1) is 11.6. The maximum Gasteiger partial charge on any atom is 0.329 e. The first-order valence-electron chi connectivity index (χ1n) is 5.77. The predicted octanol–water partition coefficient (Wildman–Crippen LogP) is 1.94. The molecule has 0 bridgehead atoms. The quantitative estimate of drug-likeness (QED) is 0.810. The Hall–Kier alpha value is -1.84. The van der Waals surface area contributed by atoms with Crippen molar-refractivity contribution in [1.82, 2.24) is 5.32 Å². The molecule has 0 aliphatic carbocycles. The molecule has 90 valence electrons. The maximum atomic E-state index is 11.6. The zero-order chi connectivity index (χ0) is 12.4. The molecule has 0 unspecified atom stereocenters. The lowest BCUT2D eigenvalue weighted by Gasteiger charge is -2.14. The molecule has 0 radical (unpaired) electrons. The van der Waals surface area contributed by atoms with E-state index in [1.165, 1.54) is 4.90 Å². The van der Waals surface area contributed by atoms with E-state index in [4.69, 9.17) is 0 Å². The van der Waals surface area contributed by atoms with Gasteiger partial charge >= 0.3 is 6.03 Å². The molecule has 2 rings (SSSR count). The van der Waals surface area contributed by atoms with Crippen molar-refractivity contribution in [1.29, 1.82) is 0 Å². The summed E-state index contributed by atoms with van der Waals surface area (Å²) in [6, 6.07) is 7.25. The Kier molecular flexibility index (Phi) is 3.13. The van der Waals surface area contributed by atoms with Crippen LogP contribution in [-0.2, 0) is 11.2 Å². The van der Waals surface area contributed by atoms with Crippen LogP contribution < -0.4 is 10.2 Å². The minimum absolute atomic E-state index is 0.0905. The highest BCUT2D eigenvalue weighted by atomic mass is 16.2. The van der Waals surface area contributed by atoms with E-state index in [1.54, 1.807) is 6.07 Å². The maximum absolute atomic E-state index is 11.6. The van der Waals surface area contributed by atoms with Crippen LogP contribution in [0.25, 0.3) is 0 Å². The molecule has 1 fully saturated rings. The van der Waals surface area contributed by atoms with Crippen LogP contribution in [0.5, 0.6) is 0 Å². The van der Waals surface area contributed by atoms with E-state index in [1.807, 2.05) is 18.2 Å². The number of rotatable bonds is 3. The lowest BCUT2D eigenvalue weighted by molar-refractivity contribution is -0.115. The van der Waals surface area contributed by atoms with Crippen molar-refractivity contribution in [2.45, 2.75) is 20.3 Å². The number of imide groups is 1. The number of carbonyl (C=O) groups is 2. The fraction of sp³-hybridized carbons (Fsp3) is 0.385. The Morgan fingerprint density at radius 1 is 1.35 bits per heavy atom. The molecule has 0 aromatic heterocycles. The van der Waals surface area contributed by atoms with E-state index >= 15 is 0 Å². The van der Waals surface area contributed by atoms with Gasteiger partial charge in [-0.2, -0.15) is 0 Å². The second-order valence-electron chi connectivity index (χ2n) is 4.66. The van der Waals surface area contributed by atoms with E-state index in [9.17, 15) is 9.59 Å². The highest BCUT2D eigenvalue weighted by Gasteiger charge is 2.29. The Balaban J connectivity index is 2.26. The molecule has 1 aromatic rings. The number of benzene rings is 1. The summed E-state index contributed by atoms with van der Waals surface area (Å²) in [6.45, 7) is 4.37. The van der Waals surface area contributed by atoms with Gasteiger partial charge in [-0.25, -0.2) is 9.69 Å². The zero-order valence-electron chi connectivity index (χ0n) is 10.1. The summed E-state index contributed by atoms with van der Waals surface area (Å²) >= 11 is 0. The Bertz CT molecular complexity index is 438. The molecule has 0 spiro atoms. The van der Waals surface area contributed by atoms with E-state index in [0.717, 1.165) is 12.0 Å². The van der Waals surface area contributed by atoms with Gasteiger partial charge in [0, 0.05) is 0 Å². The van der Waals surface area contributed by atoms with Crippen molar-refractivity contribution in [3.05, 3.63) is 29.8 Å². The smallest absolute Gasteiger partial charge is 0.328 e. The summed E-state index contributed by atoms with van der Waals surface area (Å²) in [5.74, 6) is 0.352. The Morgan fingerprint density at radius 2 is 2.12 bits per heavy atom. The fourth-order valence-electron chi connectivity index (χ4n) is 1.98. The molecule has 4 heteroatoms. The molecule has 1 aliphatic heterocycles. The summed E-state index contributed by atoms with van der Waals surface area (Å²) in [4.78, 5) is 24.3. The van der Waals surface area contributed by atoms with Crippen molar-refractivity contribution in [3.8, 4) is 0 Å². The highest BCUT2D eigenvalue weighted by molar-refractivity contribution is 6.19. The van der Waals surface area contributed by atoms with Gasteiger partial charge in [0.15, 0.2) is 0 Å². The Morgan fingerprint density at radius 3 is 2.71 bits per heavy atom. The summed E-state index contributed by atoms with van der Waals surface area (Å²) < 4.78 is 0. The third kappa shape index (κ3) is 2.46. The predicted molar refractivity (Wildman–Crippen MR) is 65.9 cm³/mol. The van der Waals surface area contributed by atoms with Crippen LogP contribution in [0.4, 0.5) is 10.5 Å². The van der Waals surface area contributed by atoms with Crippen LogP contribution in [-0.4, -0.2) is 18.5 Å². The van der Waals surface area contributed by atoms with Crippen molar-refractivity contribution < 1.29 is 9.59 Å². The van der Waals surface area contributed by atoms with Crippen LogP contribution in [0, 0.1) is 5.92 Å². The average Bonchev–Trinajstić information content (AvgIpc) is 2.58. The summed E-state index contributed by atoms with van der Waals surface area (Å²) in [5, 5.41) is 2.52. The third-order valence-electron chi connectivity index (χ3n) is 2.66. The van der Waals surface area contributed by atoms with Gasteiger partial charge in [-0.1, -0.05) is 26.0 Å². The largest absolute Gasteiger partial charge is 0.329 e. The number of hydrogen-bond donors (Lipinski definition) is 1. The lowest BCUT2D eigenvalue weighted by Crippen LogP contribution is -2.30. The van der Waals surface area contributed by atoms with Gasteiger partial charge in [0.2, 0.25) is 0 Å². The minimum Gasteiger partial charge on any atom is -0.328 e. The number of nitrogens with zero attached hydrogens (tertiary/aromatic N) is 1. The molecular formula is C13H16N2O2. The van der Waals surface area contributed by atoms with Crippen molar-refractivity contribution in [2.75, 3.05) is 11.4 Å². The van der Waals surface area contributed by atoms with Crippen LogP contribution in [0.2, 0.25) is 0 Å². The minimum atomic E-state index is -0.336. The van der Waals surface area contributed by atoms with E-state index in [-0.39, 0.29) is 18.5 Å². The summed E-state index contributed by atoms with van der Waals surface area (Å²) in [6.07, 6.45) is 0.942. The second-order valence-corrected chi connectivity index (χ2v) is 4.66. The molecule has 1 aromatic carbocycles. The zero-order valence-corrected chi connectivity index (χ0v) is 10.1. The number of amides is 3. The molecule has 0 saturated carbocycles. The molecule has 1 heterocycles. The van der Waals surface area contributed by atoms with E-state index in [2.05, 4.69) is 19.2 Å². The lowest BCUT2D eigenvalue weighted by atomic mass is 10.0. The molecule has 4 nitrogen and oxygen atoms in total. The van der Waals surface area contributed by atoms with Crippen LogP contribution in [0.1, 0.15) is 19.4 Å². The third-order valence-corrected chi connectivity index (χ3v) is 2.66. The first-order valence-corrected chi connectivity index (χ1v) is 5.77. The van der Waals surface area contributed by atoms with Crippen molar-refractivity contribution in [3.63, 3.8) is 0 Å². The summed E-state index contributed by atoms with van der Waals surface area (Å²) in [7, 11) is 0. The number of anilines is 1. The second kappa shape index (κ2) is 4.57. The molecule has 0 atom stereocenters. The van der Waals surface area contributed by atoms with Crippen molar-refractivity contribution in [2.24, 2.45) is 5.92 Å². The monoisotopic (exact) mass is 232 g/mol. The fourth-order valence-corrected chi connectivity index (χ4v) is 1.98. The van der Waals surface area contributed by atoms with Gasteiger partial charge in [0.25, 0.3) is 5.91 Å². The molecule has 1 saturated heterocycles. The standard InChI is InChI=1S/C13H16N2O2/c1-9(2)6-10-4-3-5-11(7-10)15-12(16)8-14-13(15)17/h3-5,7,9H,6,8H2,1-2H3,(H,14,17). The van der Waals surface area contributed by atoms with E-state index in [0.29, 0.717) is 11.6 Å². The van der Waals surface area contributed by atoms with Gasteiger partial charge in [0.1, 0.15) is 0 Å². The van der Waals surface area contributed by atoms with Gasteiger partial charge in [0.05, 0.1) is 12.2 Å². The number of urea groups is 1. The SMILES string of the molecule is CC(C)Cc1cccc(N2C(=O)CNC2=O)c1. The number of hydrogen-bond acceptors (Lipinski definition) is 2. The highest BCUT2D eigenvalue weighted by Crippen LogP contribution is 2.20. The van der Waals surface area contributed by atoms with Gasteiger partial charge in [-0.3, -0.25) is 4.79 Å². The van der Waals surface area contributed by atoms with Gasteiger partial charge < -0.3 is 5.32 Å². The van der Waals surface area contributed by atoms with Crippen LogP contribution in [0.15, 0.2) is 24.3 Å². The topological polar surface area (TPSA) is 49.4 Å². The number of nitrogens with one attached hydrogen (secondary N) is 1.